The van der Waals surface area contributed by atoms with Crippen molar-refractivity contribution in [2.45, 2.75) is 6.92 Å². The third-order valence-electron chi connectivity index (χ3n) is 3.48. The molecular formula is C19H19N. The first-order valence-corrected chi connectivity index (χ1v) is 6.51. The molecule has 20 heavy (non-hydrogen) atoms. The molecule has 0 fully saturated rings. The van der Waals surface area contributed by atoms with Gasteiger partial charge in [0.05, 0.1) is 0 Å². The minimum Gasteiger partial charge on any atom is -0.355 e. The Morgan fingerprint density at radius 1 is 1.15 bits per heavy atom. The summed E-state index contributed by atoms with van der Waals surface area (Å²) in [4.78, 5) is 0. The molecule has 0 aromatic heterocycles. The Hall–Kier alpha value is -2.54. The molecule has 0 aliphatic heterocycles. The van der Waals surface area contributed by atoms with Crippen molar-refractivity contribution in [1.82, 2.24) is 0 Å². The third-order valence-corrected chi connectivity index (χ3v) is 3.48. The summed E-state index contributed by atoms with van der Waals surface area (Å²) in [6.45, 7) is 17.6. The van der Waals surface area contributed by atoms with Gasteiger partial charge in [0, 0.05) is 11.4 Å². The second-order valence-electron chi connectivity index (χ2n) is 4.72. The summed E-state index contributed by atoms with van der Waals surface area (Å²) in [5.41, 5.74) is 7.44. The van der Waals surface area contributed by atoms with Gasteiger partial charge in [-0.15, -0.1) is 0 Å². The van der Waals surface area contributed by atoms with Gasteiger partial charge >= 0.3 is 0 Å². The molecule has 0 atom stereocenters. The van der Waals surface area contributed by atoms with E-state index < -0.39 is 0 Å². The molecule has 0 bridgehead atoms. The molecule has 0 unspecified atom stereocenters. The van der Waals surface area contributed by atoms with Crippen LogP contribution in [0.4, 0.5) is 5.69 Å². The van der Waals surface area contributed by atoms with E-state index in [4.69, 9.17) is 0 Å². The molecule has 0 amide bonds. The lowest BCUT2D eigenvalue weighted by atomic mass is 9.85. The van der Waals surface area contributed by atoms with Gasteiger partial charge in [0.15, 0.2) is 0 Å². The van der Waals surface area contributed by atoms with Crippen LogP contribution in [0.15, 0.2) is 91.2 Å². The van der Waals surface area contributed by atoms with Crippen molar-refractivity contribution in [1.29, 1.82) is 0 Å². The molecule has 1 nitrogen and oxygen atoms in total. The summed E-state index contributed by atoms with van der Waals surface area (Å²) in [7, 11) is 0. The SMILES string of the molecule is C=C/C=C(\C=C)c1cccc(NC2=C(C)C(=C)C2=C)c1. The molecule has 1 aliphatic rings. The highest BCUT2D eigenvalue weighted by atomic mass is 14.9. The highest BCUT2D eigenvalue weighted by Gasteiger charge is 2.22. The molecule has 0 saturated carbocycles. The number of hydrogen-bond acceptors (Lipinski definition) is 1. The zero-order chi connectivity index (χ0) is 14.7. The molecule has 0 heterocycles. The van der Waals surface area contributed by atoms with Crippen molar-refractivity contribution in [3.8, 4) is 0 Å². The second-order valence-corrected chi connectivity index (χ2v) is 4.72. The molecule has 1 heteroatoms. The summed E-state index contributed by atoms with van der Waals surface area (Å²) in [6, 6.07) is 8.20. The largest absolute Gasteiger partial charge is 0.355 e. The molecule has 0 saturated heterocycles. The lowest BCUT2D eigenvalue weighted by Crippen LogP contribution is -2.16. The number of hydrogen-bond donors (Lipinski definition) is 1. The van der Waals surface area contributed by atoms with Gasteiger partial charge in [-0.3, -0.25) is 0 Å². The fourth-order valence-corrected chi connectivity index (χ4v) is 2.19. The van der Waals surface area contributed by atoms with E-state index >= 15 is 0 Å². The number of allylic oxidation sites excluding steroid dienone is 6. The Morgan fingerprint density at radius 3 is 2.50 bits per heavy atom. The van der Waals surface area contributed by atoms with Crippen LogP contribution in [-0.4, -0.2) is 0 Å². The molecule has 1 aromatic carbocycles. The summed E-state index contributed by atoms with van der Waals surface area (Å²) >= 11 is 0. The van der Waals surface area contributed by atoms with Gasteiger partial charge in [-0.25, -0.2) is 0 Å². The normalized spacial score (nSPS) is 14.9. The van der Waals surface area contributed by atoms with E-state index in [1.165, 1.54) is 5.57 Å². The summed E-state index contributed by atoms with van der Waals surface area (Å²) in [5.74, 6) is 0. The van der Waals surface area contributed by atoms with Crippen molar-refractivity contribution < 1.29 is 0 Å². The Balaban J connectivity index is 2.30. The van der Waals surface area contributed by atoms with Crippen LogP contribution in [0, 0.1) is 0 Å². The molecule has 100 valence electrons. The van der Waals surface area contributed by atoms with Gasteiger partial charge in [-0.05, 0) is 46.9 Å². The van der Waals surface area contributed by atoms with Crippen molar-refractivity contribution in [2.24, 2.45) is 0 Å². The Morgan fingerprint density at radius 2 is 1.90 bits per heavy atom. The number of rotatable bonds is 5. The first-order chi connectivity index (χ1) is 9.58. The number of anilines is 1. The average Bonchev–Trinajstić information content (AvgIpc) is 2.49. The molecule has 0 radical (unpaired) electrons. The van der Waals surface area contributed by atoms with Crippen LogP contribution in [0.1, 0.15) is 12.5 Å². The molecular weight excluding hydrogens is 242 g/mol. The van der Waals surface area contributed by atoms with Crippen molar-refractivity contribution in [3.63, 3.8) is 0 Å². The quantitative estimate of drug-likeness (QED) is 0.713. The molecule has 1 aliphatic carbocycles. The fraction of sp³-hybridized carbons (Fsp3) is 0.0526. The number of nitrogens with one attached hydrogen (secondary N) is 1. The Labute approximate surface area is 121 Å². The molecule has 2 rings (SSSR count). The van der Waals surface area contributed by atoms with Crippen LogP contribution < -0.4 is 5.32 Å². The van der Waals surface area contributed by atoms with Gasteiger partial charge in [-0.2, -0.15) is 0 Å². The van der Waals surface area contributed by atoms with Crippen molar-refractivity contribution >= 4 is 11.3 Å². The number of benzene rings is 1. The van der Waals surface area contributed by atoms with Crippen LogP contribution in [0.3, 0.4) is 0 Å². The van der Waals surface area contributed by atoms with E-state index in [0.29, 0.717) is 0 Å². The van der Waals surface area contributed by atoms with Gasteiger partial charge < -0.3 is 5.32 Å². The first kappa shape index (κ1) is 13.9. The maximum atomic E-state index is 4.01. The average molecular weight is 261 g/mol. The van der Waals surface area contributed by atoms with Crippen molar-refractivity contribution in [2.75, 3.05) is 5.32 Å². The van der Waals surface area contributed by atoms with E-state index in [1.54, 1.807) is 6.08 Å². The predicted molar refractivity (Wildman–Crippen MR) is 89.4 cm³/mol. The van der Waals surface area contributed by atoms with Crippen LogP contribution in [0.2, 0.25) is 0 Å². The smallest absolute Gasteiger partial charge is 0.0493 e. The Kier molecular flexibility index (Phi) is 3.90. The van der Waals surface area contributed by atoms with Crippen LogP contribution in [0.25, 0.3) is 5.57 Å². The minimum atomic E-state index is 0.985. The second kappa shape index (κ2) is 5.62. The highest BCUT2D eigenvalue weighted by Crippen LogP contribution is 2.37. The highest BCUT2D eigenvalue weighted by molar-refractivity contribution is 5.78. The standard InChI is InChI=1S/C19H19N/c1-6-9-16(7-2)17-10-8-11-18(12-17)20-19-14(4)13(3)15(19)5/h6-12,20H,1-4H2,5H3/b16-9+. The summed E-state index contributed by atoms with van der Waals surface area (Å²) < 4.78 is 0. The molecule has 1 N–H and O–H groups in total. The van der Waals surface area contributed by atoms with E-state index in [1.807, 2.05) is 24.3 Å². The lowest BCUT2D eigenvalue weighted by molar-refractivity contribution is 1.17. The zero-order valence-corrected chi connectivity index (χ0v) is 11.9. The summed E-state index contributed by atoms with van der Waals surface area (Å²) in [6.07, 6.45) is 5.54. The minimum absolute atomic E-state index is 0.985. The van der Waals surface area contributed by atoms with Gasteiger partial charge in [0.25, 0.3) is 0 Å². The van der Waals surface area contributed by atoms with E-state index in [9.17, 15) is 0 Å². The van der Waals surface area contributed by atoms with Crippen LogP contribution in [-0.2, 0) is 0 Å². The fourth-order valence-electron chi connectivity index (χ4n) is 2.19. The van der Waals surface area contributed by atoms with Crippen molar-refractivity contribution in [3.05, 3.63) is 96.8 Å². The maximum Gasteiger partial charge on any atom is 0.0493 e. The Bertz CT molecular complexity index is 669. The summed E-state index contributed by atoms with van der Waals surface area (Å²) in [5, 5.41) is 3.40. The monoisotopic (exact) mass is 261 g/mol. The molecule has 1 aromatic rings. The molecule has 0 spiro atoms. The van der Waals surface area contributed by atoms with E-state index in [0.717, 1.165) is 33.7 Å². The van der Waals surface area contributed by atoms with E-state index in [-0.39, 0.29) is 0 Å². The van der Waals surface area contributed by atoms with Crippen LogP contribution >= 0.6 is 0 Å². The lowest BCUT2D eigenvalue weighted by Gasteiger charge is -2.28. The predicted octanol–water partition coefficient (Wildman–Crippen LogP) is 5.25. The van der Waals surface area contributed by atoms with Crippen LogP contribution in [0.5, 0.6) is 0 Å². The van der Waals surface area contributed by atoms with E-state index in [2.05, 4.69) is 50.7 Å². The van der Waals surface area contributed by atoms with Gasteiger partial charge in [-0.1, -0.05) is 56.7 Å². The topological polar surface area (TPSA) is 12.0 Å². The third kappa shape index (κ3) is 2.43. The van der Waals surface area contributed by atoms with Gasteiger partial charge in [0.1, 0.15) is 0 Å². The maximum absolute atomic E-state index is 4.01. The van der Waals surface area contributed by atoms with Gasteiger partial charge in [0.2, 0.25) is 0 Å². The first-order valence-electron chi connectivity index (χ1n) is 6.51. The zero-order valence-electron chi connectivity index (χ0n) is 11.9.